The van der Waals surface area contributed by atoms with Gasteiger partial charge in [-0.25, -0.2) is 5.43 Å². The molecule has 11 heteroatoms. The summed E-state index contributed by atoms with van der Waals surface area (Å²) < 4.78 is 18.9. The van der Waals surface area contributed by atoms with Gasteiger partial charge in [-0.2, -0.15) is 5.10 Å². The van der Waals surface area contributed by atoms with Gasteiger partial charge in [0.15, 0.2) is 22.5 Å². The molecule has 1 amide bonds. The lowest BCUT2D eigenvalue weighted by Gasteiger charge is -2.12. The van der Waals surface area contributed by atoms with Crippen LogP contribution in [0.1, 0.15) is 5.56 Å². The predicted octanol–water partition coefficient (Wildman–Crippen LogP) is 4.97. The van der Waals surface area contributed by atoms with Crippen LogP contribution in [0.25, 0.3) is 17.1 Å². The lowest BCUT2D eigenvalue weighted by molar-refractivity contribution is -0.118. The minimum absolute atomic E-state index is 0.0933. The third kappa shape index (κ3) is 6.30. The van der Waals surface area contributed by atoms with E-state index in [1.807, 2.05) is 59.2 Å². The molecule has 0 saturated heterocycles. The van der Waals surface area contributed by atoms with Crippen LogP contribution in [0.3, 0.4) is 0 Å². The number of carbonyl (C=O) groups is 1. The van der Waals surface area contributed by atoms with Gasteiger partial charge >= 0.3 is 0 Å². The van der Waals surface area contributed by atoms with Crippen LogP contribution < -0.4 is 19.6 Å². The van der Waals surface area contributed by atoms with Gasteiger partial charge in [-0.05, 0) is 36.4 Å². The average Bonchev–Trinajstić information content (AvgIpc) is 3.36. The van der Waals surface area contributed by atoms with E-state index in [0.717, 1.165) is 15.7 Å². The maximum absolute atomic E-state index is 12.5. The number of nitrogens with one attached hydrogen (secondary N) is 1. The Bertz CT molecular complexity index is 1370. The SMILES string of the molecule is COc1cc(C=NNC(=O)CSc2nnc(-c3ccccc3)n2-c2ccc(Br)cc2)cc(OC)c1OC. The number of ether oxygens (including phenoxy) is 3. The average molecular weight is 582 g/mol. The quantitative estimate of drug-likeness (QED) is 0.160. The number of methoxy groups -OCH3 is 3. The van der Waals surface area contributed by atoms with E-state index in [0.29, 0.717) is 33.8 Å². The number of benzene rings is 3. The maximum Gasteiger partial charge on any atom is 0.250 e. The first kappa shape index (κ1) is 26.2. The van der Waals surface area contributed by atoms with Crippen LogP contribution >= 0.6 is 27.7 Å². The van der Waals surface area contributed by atoms with E-state index >= 15 is 0 Å². The summed E-state index contributed by atoms with van der Waals surface area (Å²) >= 11 is 4.74. The van der Waals surface area contributed by atoms with Crippen molar-refractivity contribution < 1.29 is 19.0 Å². The molecule has 0 aliphatic rings. The molecule has 37 heavy (non-hydrogen) atoms. The highest BCUT2D eigenvalue weighted by Crippen LogP contribution is 2.37. The third-order valence-corrected chi connectivity index (χ3v) is 6.63. The molecule has 190 valence electrons. The van der Waals surface area contributed by atoms with Crippen LogP contribution in [0.4, 0.5) is 0 Å². The second-order valence-corrected chi connectivity index (χ2v) is 9.38. The van der Waals surface area contributed by atoms with Crippen molar-refractivity contribution in [3.63, 3.8) is 0 Å². The van der Waals surface area contributed by atoms with Gasteiger partial charge in [0.25, 0.3) is 5.91 Å². The summed E-state index contributed by atoms with van der Waals surface area (Å²) in [5.41, 5.74) is 5.02. The molecule has 4 rings (SSSR count). The molecule has 4 aromatic rings. The molecule has 3 aromatic carbocycles. The zero-order valence-corrected chi connectivity index (χ0v) is 22.7. The third-order valence-electron chi connectivity index (χ3n) is 5.17. The topological polar surface area (TPSA) is 99.9 Å². The molecule has 0 unspecified atom stereocenters. The summed E-state index contributed by atoms with van der Waals surface area (Å²) in [7, 11) is 4.60. The van der Waals surface area contributed by atoms with Crippen molar-refractivity contribution in [1.82, 2.24) is 20.2 Å². The zero-order chi connectivity index (χ0) is 26.2. The standard InChI is InChI=1S/C26H24BrN5O4S/c1-34-21-13-17(14-22(35-2)24(21)36-3)15-28-29-23(33)16-37-26-31-30-25(18-7-5-4-6-8-18)32(26)20-11-9-19(27)10-12-20/h4-15H,16H2,1-3H3,(H,29,33). The van der Waals surface area contributed by atoms with E-state index in [9.17, 15) is 4.79 Å². The molecule has 1 N–H and O–H groups in total. The highest BCUT2D eigenvalue weighted by molar-refractivity contribution is 9.10. The molecular formula is C26H24BrN5O4S. The smallest absolute Gasteiger partial charge is 0.250 e. The van der Waals surface area contributed by atoms with Crippen molar-refractivity contribution in [3.8, 4) is 34.3 Å². The molecular weight excluding hydrogens is 558 g/mol. The largest absolute Gasteiger partial charge is 0.493 e. The number of hydrazone groups is 1. The Morgan fingerprint density at radius 1 is 1.00 bits per heavy atom. The second kappa shape index (κ2) is 12.4. The van der Waals surface area contributed by atoms with Crippen molar-refractivity contribution in [3.05, 3.63) is 76.8 Å². The predicted molar refractivity (Wildman–Crippen MR) is 147 cm³/mol. The Kier molecular flexibility index (Phi) is 8.81. The molecule has 0 aliphatic carbocycles. The van der Waals surface area contributed by atoms with Gasteiger partial charge in [0.1, 0.15) is 0 Å². The summed E-state index contributed by atoms with van der Waals surface area (Å²) in [6, 6.07) is 21.1. The number of hydrogen-bond donors (Lipinski definition) is 1. The van der Waals surface area contributed by atoms with E-state index < -0.39 is 0 Å². The molecule has 0 aliphatic heterocycles. The normalized spacial score (nSPS) is 10.9. The summed E-state index contributed by atoms with van der Waals surface area (Å²) in [5, 5.41) is 13.4. The van der Waals surface area contributed by atoms with Crippen molar-refractivity contribution in [2.75, 3.05) is 27.1 Å². The Morgan fingerprint density at radius 3 is 2.30 bits per heavy atom. The number of rotatable bonds is 10. The number of amides is 1. The van der Waals surface area contributed by atoms with Gasteiger partial charge in [-0.3, -0.25) is 9.36 Å². The monoisotopic (exact) mass is 581 g/mol. The molecule has 0 spiro atoms. The minimum atomic E-state index is -0.291. The molecule has 0 radical (unpaired) electrons. The molecule has 0 fully saturated rings. The first-order chi connectivity index (χ1) is 18.0. The summed E-state index contributed by atoms with van der Waals surface area (Å²) in [6.07, 6.45) is 1.50. The molecule has 9 nitrogen and oxygen atoms in total. The minimum Gasteiger partial charge on any atom is -0.493 e. The van der Waals surface area contributed by atoms with Crippen LogP contribution in [0.2, 0.25) is 0 Å². The maximum atomic E-state index is 12.5. The van der Waals surface area contributed by atoms with Crippen molar-refractivity contribution in [1.29, 1.82) is 0 Å². The van der Waals surface area contributed by atoms with Gasteiger partial charge in [0, 0.05) is 21.3 Å². The van der Waals surface area contributed by atoms with Gasteiger partial charge in [0.2, 0.25) is 5.75 Å². The fourth-order valence-corrected chi connectivity index (χ4v) is 4.49. The van der Waals surface area contributed by atoms with Crippen LogP contribution in [-0.4, -0.2) is 54.0 Å². The summed E-state index contributed by atoms with van der Waals surface area (Å²) in [4.78, 5) is 12.5. The Morgan fingerprint density at radius 2 is 1.68 bits per heavy atom. The van der Waals surface area contributed by atoms with Crippen molar-refractivity contribution in [2.45, 2.75) is 5.16 Å². The van der Waals surface area contributed by atoms with E-state index in [-0.39, 0.29) is 11.7 Å². The number of aromatic nitrogens is 3. The molecule has 0 bridgehead atoms. The highest BCUT2D eigenvalue weighted by Gasteiger charge is 2.17. The Labute approximate surface area is 227 Å². The Hall–Kier alpha value is -3.83. The number of hydrogen-bond acceptors (Lipinski definition) is 8. The molecule has 0 atom stereocenters. The van der Waals surface area contributed by atoms with Crippen molar-refractivity contribution >= 4 is 39.8 Å². The second-order valence-electron chi connectivity index (χ2n) is 7.52. The number of nitrogens with zero attached hydrogens (tertiary/aromatic N) is 4. The summed E-state index contributed by atoms with van der Waals surface area (Å²) in [6.45, 7) is 0. The lowest BCUT2D eigenvalue weighted by atomic mass is 10.2. The van der Waals surface area contributed by atoms with Gasteiger partial charge in [-0.1, -0.05) is 58.0 Å². The molecule has 1 aromatic heterocycles. The van der Waals surface area contributed by atoms with Crippen LogP contribution in [0, 0.1) is 0 Å². The van der Waals surface area contributed by atoms with Crippen LogP contribution in [-0.2, 0) is 4.79 Å². The number of halogens is 1. The van der Waals surface area contributed by atoms with E-state index in [2.05, 4.69) is 36.7 Å². The summed E-state index contributed by atoms with van der Waals surface area (Å²) in [5.74, 6) is 1.95. The first-order valence-corrected chi connectivity index (χ1v) is 12.8. The fraction of sp³-hybridized carbons (Fsp3) is 0.154. The number of thioether (sulfide) groups is 1. The molecule has 1 heterocycles. The van der Waals surface area contributed by atoms with Crippen LogP contribution in [0.15, 0.2) is 81.5 Å². The van der Waals surface area contributed by atoms with Gasteiger partial charge < -0.3 is 14.2 Å². The lowest BCUT2D eigenvalue weighted by Crippen LogP contribution is -2.20. The van der Waals surface area contributed by atoms with Gasteiger partial charge in [0.05, 0.1) is 33.3 Å². The van der Waals surface area contributed by atoms with Crippen LogP contribution in [0.5, 0.6) is 17.2 Å². The number of carbonyl (C=O) groups excluding carboxylic acids is 1. The van der Waals surface area contributed by atoms with Crippen molar-refractivity contribution in [2.24, 2.45) is 5.10 Å². The fourth-order valence-electron chi connectivity index (χ4n) is 3.48. The zero-order valence-electron chi connectivity index (χ0n) is 20.3. The molecule has 0 saturated carbocycles. The highest BCUT2D eigenvalue weighted by atomic mass is 79.9. The van der Waals surface area contributed by atoms with E-state index in [1.165, 1.54) is 39.3 Å². The first-order valence-electron chi connectivity index (χ1n) is 11.1. The Balaban J connectivity index is 1.48. The van der Waals surface area contributed by atoms with E-state index in [4.69, 9.17) is 14.2 Å². The van der Waals surface area contributed by atoms with Gasteiger partial charge in [-0.15, -0.1) is 10.2 Å². The van der Waals surface area contributed by atoms with E-state index in [1.54, 1.807) is 12.1 Å².